The van der Waals surface area contributed by atoms with E-state index >= 15 is 0 Å². The highest BCUT2D eigenvalue weighted by molar-refractivity contribution is 9.10. The molecule has 0 saturated carbocycles. The second kappa shape index (κ2) is 6.30. The van der Waals surface area contributed by atoms with Crippen LogP contribution in [0, 0.1) is 11.6 Å². The molecule has 1 nitrogen and oxygen atoms in total. The number of nitrogens with one attached hydrogen (secondary N) is 1. The summed E-state index contributed by atoms with van der Waals surface area (Å²) in [5.74, 6) is -1.08. The van der Waals surface area contributed by atoms with Crippen LogP contribution in [0.2, 0.25) is 0 Å². The first kappa shape index (κ1) is 13.6. The number of halogens is 3. The molecule has 1 N–H and O–H groups in total. The van der Waals surface area contributed by atoms with Crippen molar-refractivity contribution in [2.24, 2.45) is 0 Å². The number of rotatable bonds is 5. The largest absolute Gasteiger partial charge is 0.317 e. The normalized spacial score (nSPS) is 12.8. The maximum Gasteiger partial charge on any atom is 0.143 e. The Morgan fingerprint density at radius 2 is 2.06 bits per heavy atom. The molecule has 16 heavy (non-hydrogen) atoms. The third-order valence-electron chi connectivity index (χ3n) is 2.58. The van der Waals surface area contributed by atoms with Crippen molar-refractivity contribution in [3.8, 4) is 0 Å². The summed E-state index contributed by atoms with van der Waals surface area (Å²) in [4.78, 5) is 0. The van der Waals surface area contributed by atoms with Gasteiger partial charge in [-0.2, -0.15) is 0 Å². The maximum atomic E-state index is 13.7. The summed E-state index contributed by atoms with van der Waals surface area (Å²) in [5.41, 5.74) is 0.173. The lowest BCUT2D eigenvalue weighted by Crippen LogP contribution is -2.16. The zero-order valence-electron chi connectivity index (χ0n) is 9.49. The van der Waals surface area contributed by atoms with E-state index in [1.54, 1.807) is 0 Å². The molecule has 1 atom stereocenters. The monoisotopic (exact) mass is 291 g/mol. The van der Waals surface area contributed by atoms with Crippen LogP contribution in [0.1, 0.15) is 31.7 Å². The molecule has 0 fully saturated rings. The summed E-state index contributed by atoms with van der Waals surface area (Å²) in [6.45, 7) is 5.48. The average molecular weight is 292 g/mol. The fourth-order valence-corrected chi connectivity index (χ4v) is 1.98. The van der Waals surface area contributed by atoms with Gasteiger partial charge in [-0.25, -0.2) is 8.78 Å². The molecule has 4 heteroatoms. The SMILES string of the molecule is CCNCCC(C)c1c(F)ccc(Br)c1F. The van der Waals surface area contributed by atoms with E-state index in [2.05, 4.69) is 21.2 Å². The Morgan fingerprint density at radius 3 is 2.69 bits per heavy atom. The Morgan fingerprint density at radius 1 is 1.38 bits per heavy atom. The van der Waals surface area contributed by atoms with E-state index in [0.29, 0.717) is 4.47 Å². The number of hydrogen-bond donors (Lipinski definition) is 1. The molecule has 0 aromatic heterocycles. The summed E-state index contributed by atoms with van der Waals surface area (Å²) in [6, 6.07) is 2.69. The van der Waals surface area contributed by atoms with Gasteiger partial charge in [0.15, 0.2) is 0 Å². The Bertz CT molecular complexity index is 355. The molecule has 1 aromatic rings. The van der Waals surface area contributed by atoms with Crippen LogP contribution in [-0.2, 0) is 0 Å². The summed E-state index contributed by atoms with van der Waals surface area (Å²) < 4.78 is 27.5. The van der Waals surface area contributed by atoms with Gasteiger partial charge in [-0.05, 0) is 53.5 Å². The first-order chi connectivity index (χ1) is 7.57. The highest BCUT2D eigenvalue weighted by Crippen LogP contribution is 2.29. The van der Waals surface area contributed by atoms with E-state index in [-0.39, 0.29) is 11.5 Å². The van der Waals surface area contributed by atoms with Crippen LogP contribution < -0.4 is 5.32 Å². The van der Waals surface area contributed by atoms with Gasteiger partial charge in [0, 0.05) is 5.56 Å². The van der Waals surface area contributed by atoms with E-state index in [9.17, 15) is 8.78 Å². The second-order valence-electron chi connectivity index (χ2n) is 3.80. The van der Waals surface area contributed by atoms with Crippen LogP contribution >= 0.6 is 15.9 Å². The molecule has 0 aliphatic heterocycles. The van der Waals surface area contributed by atoms with Gasteiger partial charge in [0.05, 0.1) is 4.47 Å². The molecule has 1 unspecified atom stereocenters. The topological polar surface area (TPSA) is 12.0 Å². The van der Waals surface area contributed by atoms with Crippen LogP contribution in [0.25, 0.3) is 0 Å². The molecule has 90 valence electrons. The van der Waals surface area contributed by atoms with Gasteiger partial charge in [0.25, 0.3) is 0 Å². The summed E-state index contributed by atoms with van der Waals surface area (Å²) in [5, 5.41) is 3.15. The fourth-order valence-electron chi connectivity index (χ4n) is 1.63. The molecular weight excluding hydrogens is 276 g/mol. The minimum atomic E-state index is -0.482. The Balaban J connectivity index is 2.81. The van der Waals surface area contributed by atoms with Crippen molar-refractivity contribution in [3.05, 3.63) is 33.8 Å². The van der Waals surface area contributed by atoms with Crippen molar-refractivity contribution >= 4 is 15.9 Å². The average Bonchev–Trinajstić information content (AvgIpc) is 2.24. The van der Waals surface area contributed by atoms with Crippen molar-refractivity contribution in [3.63, 3.8) is 0 Å². The maximum absolute atomic E-state index is 13.7. The highest BCUT2D eigenvalue weighted by Gasteiger charge is 2.17. The molecule has 1 rings (SSSR count). The summed E-state index contributed by atoms with van der Waals surface area (Å²) >= 11 is 3.07. The standard InChI is InChI=1S/C12H16BrF2N/c1-3-16-7-6-8(2)11-10(14)5-4-9(13)12(11)15/h4-5,8,16H,3,6-7H2,1-2H3. The zero-order chi connectivity index (χ0) is 12.1. The molecule has 0 bridgehead atoms. The minimum Gasteiger partial charge on any atom is -0.317 e. The van der Waals surface area contributed by atoms with Gasteiger partial charge in [0.1, 0.15) is 11.6 Å². The van der Waals surface area contributed by atoms with Crippen molar-refractivity contribution < 1.29 is 8.78 Å². The lowest BCUT2D eigenvalue weighted by molar-refractivity contribution is 0.509. The van der Waals surface area contributed by atoms with Crippen LogP contribution in [0.15, 0.2) is 16.6 Å². The predicted octanol–water partition coefficient (Wildman–Crippen LogP) is 3.83. The van der Waals surface area contributed by atoms with Crippen molar-refractivity contribution in [2.75, 3.05) is 13.1 Å². The van der Waals surface area contributed by atoms with Crippen LogP contribution in [0.4, 0.5) is 8.78 Å². The molecule has 1 aromatic carbocycles. The van der Waals surface area contributed by atoms with E-state index in [4.69, 9.17) is 0 Å². The summed E-state index contributed by atoms with van der Waals surface area (Å²) in [7, 11) is 0. The van der Waals surface area contributed by atoms with E-state index in [1.165, 1.54) is 12.1 Å². The first-order valence-corrected chi connectivity index (χ1v) is 6.21. The van der Waals surface area contributed by atoms with Gasteiger partial charge >= 0.3 is 0 Å². The smallest absolute Gasteiger partial charge is 0.143 e. The van der Waals surface area contributed by atoms with Gasteiger partial charge in [0.2, 0.25) is 0 Å². The van der Waals surface area contributed by atoms with Crippen LogP contribution in [0.3, 0.4) is 0 Å². The highest BCUT2D eigenvalue weighted by atomic mass is 79.9. The molecular formula is C12H16BrF2N. The zero-order valence-corrected chi connectivity index (χ0v) is 11.1. The fraction of sp³-hybridized carbons (Fsp3) is 0.500. The second-order valence-corrected chi connectivity index (χ2v) is 4.65. The predicted molar refractivity (Wildman–Crippen MR) is 65.6 cm³/mol. The lowest BCUT2D eigenvalue weighted by Gasteiger charge is -2.14. The van der Waals surface area contributed by atoms with Crippen molar-refractivity contribution in [2.45, 2.75) is 26.2 Å². The van der Waals surface area contributed by atoms with Gasteiger partial charge in [-0.1, -0.05) is 13.8 Å². The van der Waals surface area contributed by atoms with Crippen LogP contribution in [-0.4, -0.2) is 13.1 Å². The lowest BCUT2D eigenvalue weighted by atomic mass is 9.96. The van der Waals surface area contributed by atoms with Crippen molar-refractivity contribution in [1.82, 2.24) is 5.32 Å². The third-order valence-corrected chi connectivity index (χ3v) is 3.19. The Labute approximate surface area is 103 Å². The quantitative estimate of drug-likeness (QED) is 0.642. The molecule has 0 amide bonds. The molecule has 0 heterocycles. The van der Waals surface area contributed by atoms with Gasteiger partial charge in [-0.15, -0.1) is 0 Å². The first-order valence-electron chi connectivity index (χ1n) is 5.42. The third kappa shape index (κ3) is 3.25. The molecule has 0 radical (unpaired) electrons. The van der Waals surface area contributed by atoms with Crippen molar-refractivity contribution in [1.29, 1.82) is 0 Å². The van der Waals surface area contributed by atoms with Gasteiger partial charge in [-0.3, -0.25) is 0 Å². The number of hydrogen-bond acceptors (Lipinski definition) is 1. The molecule has 0 aliphatic carbocycles. The molecule has 0 saturated heterocycles. The molecule has 0 spiro atoms. The van der Waals surface area contributed by atoms with Crippen LogP contribution in [0.5, 0.6) is 0 Å². The van der Waals surface area contributed by atoms with E-state index < -0.39 is 11.6 Å². The Kier molecular flexibility index (Phi) is 5.35. The number of benzene rings is 1. The van der Waals surface area contributed by atoms with E-state index in [0.717, 1.165) is 19.5 Å². The van der Waals surface area contributed by atoms with E-state index in [1.807, 2.05) is 13.8 Å². The summed E-state index contributed by atoms with van der Waals surface area (Å²) in [6.07, 6.45) is 0.720. The minimum absolute atomic E-state index is 0.128. The Hall–Kier alpha value is -0.480. The van der Waals surface area contributed by atoms with Gasteiger partial charge < -0.3 is 5.32 Å². The molecule has 0 aliphatic rings.